The van der Waals surface area contributed by atoms with Crippen molar-refractivity contribution in [1.82, 2.24) is 0 Å². The van der Waals surface area contributed by atoms with Gasteiger partial charge in [0.25, 0.3) is 0 Å². The average Bonchev–Trinajstić information content (AvgIpc) is 2.84. The van der Waals surface area contributed by atoms with Crippen LogP contribution in [0.2, 0.25) is 0 Å². The second-order valence-corrected chi connectivity index (χ2v) is 5.93. The number of carbonyl (C=O) groups is 1. The summed E-state index contributed by atoms with van der Waals surface area (Å²) in [5, 5.41) is 0. The fourth-order valence-electron chi connectivity index (χ4n) is 2.62. The first-order chi connectivity index (χ1) is 9.19. The smallest absolute Gasteiger partial charge is 0.186 e. The Hall–Kier alpha value is -1.01. The predicted octanol–water partition coefficient (Wildman–Crippen LogP) is 1.97. The van der Waals surface area contributed by atoms with Crippen LogP contribution >= 0.6 is 0 Å². The summed E-state index contributed by atoms with van der Waals surface area (Å²) in [4.78, 5) is 12.0. The number of hydrogen-bond acceptors (Lipinski definition) is 5. The first-order valence-corrected chi connectivity index (χ1v) is 6.69. The molecule has 0 N–H and O–H groups in total. The van der Waals surface area contributed by atoms with Gasteiger partial charge in [0.15, 0.2) is 23.5 Å². The molecular weight excluding hydrogens is 260 g/mol. The Morgan fingerprint density at radius 1 is 0.950 bits per heavy atom. The van der Waals surface area contributed by atoms with E-state index in [1.165, 1.54) is 6.08 Å². The summed E-state index contributed by atoms with van der Waals surface area (Å²) >= 11 is 0. The summed E-state index contributed by atoms with van der Waals surface area (Å²) < 4.78 is 23.1. The second kappa shape index (κ2) is 5.07. The summed E-state index contributed by atoms with van der Waals surface area (Å²) in [5.41, 5.74) is 0. The van der Waals surface area contributed by atoms with E-state index in [1.54, 1.807) is 19.9 Å². The highest BCUT2D eigenvalue weighted by Crippen LogP contribution is 2.39. The van der Waals surface area contributed by atoms with Crippen LogP contribution in [-0.4, -0.2) is 41.8 Å². The molecule has 5 heteroatoms. The Morgan fingerprint density at radius 3 is 2.05 bits per heavy atom. The van der Waals surface area contributed by atoms with Gasteiger partial charge in [-0.2, -0.15) is 0 Å². The quantitative estimate of drug-likeness (QED) is 0.583. The molecule has 112 valence electrons. The van der Waals surface area contributed by atoms with Gasteiger partial charge in [-0.05, 0) is 33.8 Å². The number of carbonyl (C=O) groups excluding carboxylic acids is 1. The molecule has 0 radical (unpaired) electrons. The summed E-state index contributed by atoms with van der Waals surface area (Å²) in [7, 11) is 0. The molecule has 2 saturated heterocycles. The van der Waals surface area contributed by atoms with Crippen molar-refractivity contribution < 1.29 is 23.7 Å². The molecule has 2 aliphatic rings. The lowest BCUT2D eigenvalue weighted by molar-refractivity contribution is -0.175. The van der Waals surface area contributed by atoms with Gasteiger partial charge in [0.1, 0.15) is 18.3 Å². The molecule has 2 aliphatic heterocycles. The molecule has 0 bridgehead atoms. The highest BCUT2D eigenvalue weighted by molar-refractivity contribution is 5.93. The molecule has 2 heterocycles. The summed E-state index contributed by atoms with van der Waals surface area (Å²) in [6, 6.07) is 0. The molecule has 0 aliphatic carbocycles. The lowest BCUT2D eigenvalue weighted by atomic mass is 10.0. The highest BCUT2D eigenvalue weighted by Gasteiger charge is 2.54. The molecule has 0 aromatic rings. The number of hydrogen-bond donors (Lipinski definition) is 0. The first-order valence-electron chi connectivity index (χ1n) is 6.69. The van der Waals surface area contributed by atoms with Crippen LogP contribution < -0.4 is 0 Å². The lowest BCUT2D eigenvalue weighted by Crippen LogP contribution is -2.44. The zero-order valence-corrected chi connectivity index (χ0v) is 12.4. The van der Waals surface area contributed by atoms with E-state index in [2.05, 4.69) is 13.2 Å². The molecule has 0 amide bonds. The normalized spacial score (nSPS) is 38.6. The monoisotopic (exact) mass is 282 g/mol. The van der Waals surface area contributed by atoms with Gasteiger partial charge >= 0.3 is 0 Å². The molecule has 0 spiro atoms. The molecule has 0 aromatic carbocycles. The SMILES string of the molecule is C=CC(=O)[C@H]1OC(C)(C)O[C@H]1[C@@H]1OC(C)(C)O[C@H]1C=C. The van der Waals surface area contributed by atoms with E-state index in [-0.39, 0.29) is 11.9 Å². The summed E-state index contributed by atoms with van der Waals surface area (Å²) in [5.74, 6) is -1.83. The van der Waals surface area contributed by atoms with Gasteiger partial charge in [0.2, 0.25) is 0 Å². The average molecular weight is 282 g/mol. The van der Waals surface area contributed by atoms with Crippen molar-refractivity contribution in [3.8, 4) is 0 Å². The zero-order chi connectivity index (χ0) is 15.1. The first kappa shape index (κ1) is 15.4. The van der Waals surface area contributed by atoms with Crippen molar-refractivity contribution in [3.05, 3.63) is 25.3 Å². The number of ketones is 1. The molecular formula is C15H22O5. The van der Waals surface area contributed by atoms with Gasteiger partial charge in [-0.25, -0.2) is 0 Å². The van der Waals surface area contributed by atoms with Crippen LogP contribution in [0.1, 0.15) is 27.7 Å². The zero-order valence-electron chi connectivity index (χ0n) is 12.4. The molecule has 0 aromatic heterocycles. The van der Waals surface area contributed by atoms with Gasteiger partial charge in [0, 0.05) is 0 Å². The third-order valence-electron chi connectivity index (χ3n) is 3.33. The third kappa shape index (κ3) is 2.86. The van der Waals surface area contributed by atoms with Crippen molar-refractivity contribution in [2.45, 2.75) is 63.7 Å². The Kier molecular flexibility index (Phi) is 3.90. The molecule has 20 heavy (non-hydrogen) atoms. The Labute approximate surface area is 119 Å². The molecule has 4 atom stereocenters. The highest BCUT2D eigenvalue weighted by atomic mass is 16.8. The Balaban J connectivity index is 2.27. The van der Waals surface area contributed by atoms with E-state index in [4.69, 9.17) is 18.9 Å². The minimum Gasteiger partial charge on any atom is -0.341 e. The second-order valence-electron chi connectivity index (χ2n) is 5.93. The maximum atomic E-state index is 12.0. The van der Waals surface area contributed by atoms with Crippen molar-refractivity contribution in [2.24, 2.45) is 0 Å². The predicted molar refractivity (Wildman–Crippen MR) is 73.1 cm³/mol. The van der Waals surface area contributed by atoms with E-state index in [1.807, 2.05) is 13.8 Å². The van der Waals surface area contributed by atoms with E-state index < -0.39 is 29.9 Å². The van der Waals surface area contributed by atoms with Crippen LogP contribution in [0.15, 0.2) is 25.3 Å². The van der Waals surface area contributed by atoms with Crippen molar-refractivity contribution in [1.29, 1.82) is 0 Å². The van der Waals surface area contributed by atoms with Gasteiger partial charge in [0.05, 0.1) is 0 Å². The van der Waals surface area contributed by atoms with Crippen LogP contribution in [0.5, 0.6) is 0 Å². The van der Waals surface area contributed by atoms with Crippen molar-refractivity contribution in [2.75, 3.05) is 0 Å². The van der Waals surface area contributed by atoms with E-state index in [9.17, 15) is 4.79 Å². The van der Waals surface area contributed by atoms with Crippen molar-refractivity contribution >= 4 is 5.78 Å². The number of rotatable bonds is 4. The van der Waals surface area contributed by atoms with Gasteiger partial charge in [-0.1, -0.05) is 12.7 Å². The fourth-order valence-corrected chi connectivity index (χ4v) is 2.62. The third-order valence-corrected chi connectivity index (χ3v) is 3.33. The Morgan fingerprint density at radius 2 is 1.50 bits per heavy atom. The van der Waals surface area contributed by atoms with Crippen LogP contribution in [0.4, 0.5) is 0 Å². The molecule has 2 fully saturated rings. The largest absolute Gasteiger partial charge is 0.341 e. The Bertz CT molecular complexity index is 426. The standard InChI is InChI=1S/C15H22O5/c1-7-9(16)11-13(20-15(5,6)18-11)12-10(8-2)17-14(3,4)19-12/h7-8,10-13H,1-2H2,3-6H3/t10-,11+,12+,13+/m0/s1. The topological polar surface area (TPSA) is 54.0 Å². The van der Waals surface area contributed by atoms with Crippen molar-refractivity contribution in [3.63, 3.8) is 0 Å². The van der Waals surface area contributed by atoms with Gasteiger partial charge in [-0.15, -0.1) is 6.58 Å². The molecule has 0 unspecified atom stereocenters. The minimum absolute atomic E-state index is 0.225. The maximum Gasteiger partial charge on any atom is 0.186 e. The van der Waals surface area contributed by atoms with Gasteiger partial charge in [-0.3, -0.25) is 4.79 Å². The van der Waals surface area contributed by atoms with Crippen LogP contribution in [0.3, 0.4) is 0 Å². The fraction of sp³-hybridized carbons (Fsp3) is 0.667. The summed E-state index contributed by atoms with van der Waals surface area (Å²) in [6.45, 7) is 14.4. The van der Waals surface area contributed by atoms with E-state index >= 15 is 0 Å². The van der Waals surface area contributed by atoms with E-state index in [0.717, 1.165) is 0 Å². The molecule has 5 nitrogen and oxygen atoms in total. The summed E-state index contributed by atoms with van der Waals surface area (Å²) in [6.07, 6.45) is 0.800. The van der Waals surface area contributed by atoms with Gasteiger partial charge < -0.3 is 18.9 Å². The molecule has 2 rings (SSSR count). The minimum atomic E-state index is -0.851. The van der Waals surface area contributed by atoms with Crippen LogP contribution in [0, 0.1) is 0 Å². The van der Waals surface area contributed by atoms with Crippen LogP contribution in [-0.2, 0) is 23.7 Å². The lowest BCUT2D eigenvalue weighted by Gasteiger charge is -2.24. The molecule has 0 saturated carbocycles. The van der Waals surface area contributed by atoms with Crippen LogP contribution in [0.25, 0.3) is 0 Å². The number of ether oxygens (including phenoxy) is 4. The maximum absolute atomic E-state index is 12.0. The van der Waals surface area contributed by atoms with E-state index in [0.29, 0.717) is 0 Å².